The Balaban J connectivity index is 2.02. The molecule has 0 spiro atoms. The highest BCUT2D eigenvalue weighted by molar-refractivity contribution is 5.72. The number of carbonyl (C=O) groups is 2. The van der Waals surface area contributed by atoms with E-state index in [2.05, 4.69) is 6.92 Å². The van der Waals surface area contributed by atoms with E-state index in [1.54, 1.807) is 0 Å². The molecule has 0 bridgehead atoms. The summed E-state index contributed by atoms with van der Waals surface area (Å²) in [4.78, 5) is 23.6. The van der Waals surface area contributed by atoms with Gasteiger partial charge in [-0.1, -0.05) is 51.5 Å². The van der Waals surface area contributed by atoms with Crippen LogP contribution in [0.2, 0.25) is 0 Å². The molecule has 0 atom stereocenters. The summed E-state index contributed by atoms with van der Waals surface area (Å²) in [5.74, 6) is 0.173. The van der Waals surface area contributed by atoms with E-state index in [1.807, 2.05) is 32.0 Å². The van der Waals surface area contributed by atoms with E-state index in [1.165, 1.54) is 32.1 Å². The molecule has 0 aliphatic rings. The Labute approximate surface area is 164 Å². The van der Waals surface area contributed by atoms with Crippen LogP contribution in [0.5, 0.6) is 5.75 Å². The van der Waals surface area contributed by atoms with Gasteiger partial charge in [0.25, 0.3) is 0 Å². The average molecular weight is 377 g/mol. The summed E-state index contributed by atoms with van der Waals surface area (Å²) in [6, 6.07) is 5.74. The van der Waals surface area contributed by atoms with Crippen molar-refractivity contribution in [1.82, 2.24) is 0 Å². The lowest BCUT2D eigenvalue weighted by Gasteiger charge is -2.07. The molecule has 152 valence electrons. The predicted octanol–water partition coefficient (Wildman–Crippen LogP) is 6.06. The lowest BCUT2D eigenvalue weighted by atomic mass is 10.1. The van der Waals surface area contributed by atoms with Gasteiger partial charge in [0.2, 0.25) is 0 Å². The lowest BCUT2D eigenvalue weighted by Crippen LogP contribution is -2.09. The summed E-state index contributed by atoms with van der Waals surface area (Å²) in [6.45, 7) is 6.68. The maximum absolute atomic E-state index is 11.9. The molecule has 1 aromatic carbocycles. The van der Waals surface area contributed by atoms with Gasteiger partial charge in [-0.3, -0.25) is 9.59 Å². The fourth-order valence-electron chi connectivity index (χ4n) is 3.03. The molecule has 0 aromatic heterocycles. The fourth-order valence-corrected chi connectivity index (χ4v) is 3.03. The highest BCUT2D eigenvalue weighted by atomic mass is 16.5. The average Bonchev–Trinajstić information content (AvgIpc) is 2.60. The van der Waals surface area contributed by atoms with Gasteiger partial charge in [-0.05, 0) is 56.4 Å². The Morgan fingerprint density at radius 3 is 1.93 bits per heavy atom. The first kappa shape index (κ1) is 23.2. The van der Waals surface area contributed by atoms with E-state index in [9.17, 15) is 9.59 Å². The third-order valence-electron chi connectivity index (χ3n) is 4.45. The minimum atomic E-state index is -0.253. The van der Waals surface area contributed by atoms with Gasteiger partial charge in [-0.15, -0.1) is 0 Å². The SMILES string of the molecule is CCCCCCCCCOC(=O)CCCCC(=O)Oc1cc(C)cc(C)c1. The van der Waals surface area contributed by atoms with Crippen molar-refractivity contribution in [1.29, 1.82) is 0 Å². The van der Waals surface area contributed by atoms with E-state index in [4.69, 9.17) is 9.47 Å². The van der Waals surface area contributed by atoms with E-state index < -0.39 is 0 Å². The molecule has 0 saturated heterocycles. The Hall–Kier alpha value is -1.84. The summed E-state index contributed by atoms with van der Waals surface area (Å²) >= 11 is 0. The van der Waals surface area contributed by atoms with Crippen LogP contribution < -0.4 is 4.74 Å². The number of ether oxygens (including phenoxy) is 2. The molecule has 0 fully saturated rings. The van der Waals surface area contributed by atoms with Crippen LogP contribution in [0.3, 0.4) is 0 Å². The number of hydrogen-bond donors (Lipinski definition) is 0. The second-order valence-electron chi connectivity index (χ2n) is 7.35. The van der Waals surface area contributed by atoms with Crippen molar-refractivity contribution in [2.75, 3.05) is 6.61 Å². The Bertz CT molecular complexity index is 545. The summed E-state index contributed by atoms with van der Waals surface area (Å²) < 4.78 is 10.6. The molecule has 4 nitrogen and oxygen atoms in total. The maximum atomic E-state index is 11.9. The number of rotatable bonds is 14. The molecule has 0 radical (unpaired) electrons. The van der Waals surface area contributed by atoms with Crippen LogP contribution >= 0.6 is 0 Å². The number of esters is 2. The molecule has 0 saturated carbocycles. The predicted molar refractivity (Wildman–Crippen MR) is 109 cm³/mol. The van der Waals surface area contributed by atoms with Crippen molar-refractivity contribution >= 4 is 11.9 Å². The summed E-state index contributed by atoms with van der Waals surface area (Å²) in [5.41, 5.74) is 2.14. The number of carbonyl (C=O) groups excluding carboxylic acids is 2. The first-order valence-corrected chi connectivity index (χ1v) is 10.5. The lowest BCUT2D eigenvalue weighted by molar-refractivity contribution is -0.144. The monoisotopic (exact) mass is 376 g/mol. The molecule has 0 N–H and O–H groups in total. The molecular formula is C23H36O4. The van der Waals surface area contributed by atoms with Crippen molar-refractivity contribution < 1.29 is 19.1 Å². The zero-order valence-electron chi connectivity index (χ0n) is 17.4. The van der Waals surface area contributed by atoms with Crippen LogP contribution in [0.4, 0.5) is 0 Å². The molecular weight excluding hydrogens is 340 g/mol. The van der Waals surface area contributed by atoms with Crippen LogP contribution in [0.15, 0.2) is 18.2 Å². The molecule has 1 aromatic rings. The number of hydrogen-bond acceptors (Lipinski definition) is 4. The van der Waals surface area contributed by atoms with Crippen molar-refractivity contribution in [2.24, 2.45) is 0 Å². The van der Waals surface area contributed by atoms with Crippen LogP contribution in [0.1, 0.15) is 88.7 Å². The standard InChI is InChI=1S/C23H36O4/c1-4-5-6-7-8-9-12-15-26-22(24)13-10-11-14-23(25)27-21-17-19(2)16-20(3)18-21/h16-18H,4-15H2,1-3H3. The van der Waals surface area contributed by atoms with Crippen molar-refractivity contribution in [2.45, 2.75) is 91.4 Å². The summed E-state index contributed by atoms with van der Waals surface area (Å²) in [7, 11) is 0. The van der Waals surface area contributed by atoms with Gasteiger partial charge in [-0.2, -0.15) is 0 Å². The highest BCUT2D eigenvalue weighted by Crippen LogP contribution is 2.17. The minimum Gasteiger partial charge on any atom is -0.466 e. The molecule has 4 heteroatoms. The molecule has 27 heavy (non-hydrogen) atoms. The van der Waals surface area contributed by atoms with Gasteiger partial charge in [0, 0.05) is 12.8 Å². The van der Waals surface area contributed by atoms with Crippen LogP contribution in [0, 0.1) is 13.8 Å². The molecule has 0 amide bonds. The largest absolute Gasteiger partial charge is 0.466 e. The Kier molecular flexibility index (Phi) is 12.2. The smallest absolute Gasteiger partial charge is 0.311 e. The van der Waals surface area contributed by atoms with Gasteiger partial charge in [0.1, 0.15) is 5.75 Å². The highest BCUT2D eigenvalue weighted by Gasteiger charge is 2.08. The first-order chi connectivity index (χ1) is 13.0. The van der Waals surface area contributed by atoms with Gasteiger partial charge < -0.3 is 9.47 Å². The van der Waals surface area contributed by atoms with Gasteiger partial charge in [0.15, 0.2) is 0 Å². The molecule has 0 heterocycles. The number of benzene rings is 1. The van der Waals surface area contributed by atoms with Gasteiger partial charge in [-0.25, -0.2) is 0 Å². The normalized spacial score (nSPS) is 10.6. The van der Waals surface area contributed by atoms with Crippen LogP contribution in [-0.2, 0) is 14.3 Å². The molecule has 0 aliphatic carbocycles. The maximum Gasteiger partial charge on any atom is 0.311 e. The third-order valence-corrected chi connectivity index (χ3v) is 4.45. The number of unbranched alkanes of at least 4 members (excludes halogenated alkanes) is 7. The summed E-state index contributed by atoms with van der Waals surface area (Å²) in [6.07, 6.45) is 10.4. The topological polar surface area (TPSA) is 52.6 Å². The second kappa shape index (κ2) is 14.2. The molecule has 0 aliphatic heterocycles. The van der Waals surface area contributed by atoms with E-state index >= 15 is 0 Å². The molecule has 1 rings (SSSR count). The van der Waals surface area contributed by atoms with Crippen molar-refractivity contribution in [3.8, 4) is 5.75 Å². The number of aryl methyl sites for hydroxylation is 2. The van der Waals surface area contributed by atoms with E-state index in [-0.39, 0.29) is 11.9 Å². The minimum absolute atomic E-state index is 0.163. The van der Waals surface area contributed by atoms with Crippen LogP contribution in [-0.4, -0.2) is 18.5 Å². The summed E-state index contributed by atoms with van der Waals surface area (Å²) in [5, 5.41) is 0. The zero-order chi connectivity index (χ0) is 19.9. The first-order valence-electron chi connectivity index (χ1n) is 10.5. The fraction of sp³-hybridized carbons (Fsp3) is 0.652. The Morgan fingerprint density at radius 1 is 0.741 bits per heavy atom. The van der Waals surface area contributed by atoms with E-state index in [0.29, 0.717) is 38.0 Å². The van der Waals surface area contributed by atoms with Gasteiger partial charge >= 0.3 is 11.9 Å². The van der Waals surface area contributed by atoms with Crippen LogP contribution in [0.25, 0.3) is 0 Å². The quantitative estimate of drug-likeness (QED) is 0.225. The van der Waals surface area contributed by atoms with E-state index in [0.717, 1.165) is 24.0 Å². The second-order valence-corrected chi connectivity index (χ2v) is 7.35. The Morgan fingerprint density at radius 2 is 1.30 bits per heavy atom. The third kappa shape index (κ3) is 12.2. The zero-order valence-corrected chi connectivity index (χ0v) is 17.4. The van der Waals surface area contributed by atoms with Gasteiger partial charge in [0.05, 0.1) is 6.61 Å². The molecule has 0 unspecified atom stereocenters. The van der Waals surface area contributed by atoms with Crippen molar-refractivity contribution in [3.63, 3.8) is 0 Å². The van der Waals surface area contributed by atoms with Crippen molar-refractivity contribution in [3.05, 3.63) is 29.3 Å².